The molecule has 0 saturated heterocycles. The first kappa shape index (κ1) is 65.7. The molecule has 9 heteroatoms. The first-order chi connectivity index (χ1) is 33.7. The minimum atomic E-state index is -0.715. The Balaban J connectivity index is 5.15. The van der Waals surface area contributed by atoms with Crippen molar-refractivity contribution in [2.75, 3.05) is 19.8 Å². The number of carboxylic acids is 3. The fourth-order valence-corrected chi connectivity index (χ4v) is 9.63. The molecule has 0 aliphatic rings. The molecule has 0 amide bonds. The second-order valence-electron chi connectivity index (χ2n) is 19.8. The Morgan fingerprint density at radius 3 is 0.739 bits per heavy atom. The van der Waals surface area contributed by atoms with Gasteiger partial charge in [-0.1, -0.05) is 169 Å². The maximum atomic E-state index is 11.0. The Kier molecular flexibility index (Phi) is 47.3. The van der Waals surface area contributed by atoms with Crippen molar-refractivity contribution in [3.8, 4) is 0 Å². The van der Waals surface area contributed by atoms with E-state index in [0.29, 0.717) is 6.42 Å². The van der Waals surface area contributed by atoms with Crippen LogP contribution in [0.1, 0.15) is 257 Å². The lowest BCUT2D eigenvalue weighted by molar-refractivity contribution is -0.138. The fraction of sp³-hybridized carbons (Fsp3) is 0.750. The van der Waals surface area contributed by atoms with Gasteiger partial charge < -0.3 is 30.6 Å². The molecular formula is C60H104O9. The van der Waals surface area contributed by atoms with Crippen LogP contribution in [0.2, 0.25) is 0 Å². The minimum absolute atomic E-state index is 0.0433. The van der Waals surface area contributed by atoms with Crippen molar-refractivity contribution in [3.63, 3.8) is 0 Å². The van der Waals surface area contributed by atoms with E-state index >= 15 is 0 Å². The molecule has 0 atom stereocenters. The first-order valence-electron chi connectivity index (χ1n) is 28.1. The molecular weight excluding hydrogens is 865 g/mol. The quantitative estimate of drug-likeness (QED) is 0.0256. The lowest BCUT2D eigenvalue weighted by Crippen LogP contribution is -2.48. The van der Waals surface area contributed by atoms with Gasteiger partial charge in [0.15, 0.2) is 0 Å². The maximum Gasteiger partial charge on any atom is 0.303 e. The predicted molar refractivity (Wildman–Crippen MR) is 289 cm³/mol. The van der Waals surface area contributed by atoms with Gasteiger partial charge in [0.25, 0.3) is 0 Å². The minimum Gasteiger partial charge on any atom is -0.481 e. The van der Waals surface area contributed by atoms with Crippen LogP contribution in [0.3, 0.4) is 0 Å². The number of hydrogen-bond donors (Lipinski definition) is 6. The molecule has 0 aliphatic heterocycles. The molecule has 0 spiro atoms. The molecule has 0 aromatic rings. The van der Waals surface area contributed by atoms with Crippen molar-refractivity contribution in [2.24, 2.45) is 10.8 Å². The van der Waals surface area contributed by atoms with Gasteiger partial charge in [-0.2, -0.15) is 0 Å². The van der Waals surface area contributed by atoms with E-state index in [9.17, 15) is 29.7 Å². The van der Waals surface area contributed by atoms with Gasteiger partial charge in [-0.15, -0.1) is 0 Å². The third-order valence-corrected chi connectivity index (χ3v) is 14.0. The highest BCUT2D eigenvalue weighted by Crippen LogP contribution is 2.53. The average Bonchev–Trinajstić information content (AvgIpc) is 3.33. The summed E-state index contributed by atoms with van der Waals surface area (Å²) >= 11 is 0. The summed E-state index contributed by atoms with van der Waals surface area (Å²) in [6.45, 7) is -0.267. The van der Waals surface area contributed by atoms with Crippen LogP contribution in [0.25, 0.3) is 0 Å². The van der Waals surface area contributed by atoms with E-state index < -0.39 is 23.3 Å². The van der Waals surface area contributed by atoms with E-state index in [1.165, 1.54) is 0 Å². The molecule has 398 valence electrons. The maximum absolute atomic E-state index is 11.0. The van der Waals surface area contributed by atoms with Crippen LogP contribution in [-0.2, 0) is 14.4 Å². The van der Waals surface area contributed by atoms with E-state index in [1.54, 1.807) is 0 Å². The van der Waals surface area contributed by atoms with Crippen molar-refractivity contribution in [1.29, 1.82) is 0 Å². The molecule has 0 bridgehead atoms. The lowest BCUT2D eigenvalue weighted by atomic mass is 9.55. The van der Waals surface area contributed by atoms with E-state index in [4.69, 9.17) is 15.3 Å². The van der Waals surface area contributed by atoms with Crippen LogP contribution >= 0.6 is 0 Å². The number of allylic oxidation sites excluding steroid dienone is 12. The zero-order valence-corrected chi connectivity index (χ0v) is 43.7. The number of unbranched alkanes of at least 4 members (excludes halogenated alkanes) is 24. The number of rotatable bonds is 53. The standard InChI is InChI=1S/C60H104O9/c61-53-52-60(54-62,55-63)59(49-43-37-31-25-19-13-7-1-4-10-16-22-28-34-40-46-56(64)65,50-44-38-32-26-20-14-8-2-5-11-17-23-29-35-41-47-57(66)67)51-45-39-33-27-21-15-9-3-6-12-18-24-30-36-42-48-58(68)69/h1-6,13-15,19-21,61-63H,7-12,16-18,22-55H2,(H,64,65)(H,66,67)(H,68,69)/b4-1-,5-2-,6-3-,19-13-,20-14-,21-15-. The van der Waals surface area contributed by atoms with Gasteiger partial charge in [0, 0.05) is 31.3 Å². The third-order valence-electron chi connectivity index (χ3n) is 14.0. The lowest BCUT2D eigenvalue weighted by Gasteiger charge is -2.50. The fourth-order valence-electron chi connectivity index (χ4n) is 9.63. The van der Waals surface area contributed by atoms with Crippen LogP contribution in [0.5, 0.6) is 0 Å². The third kappa shape index (κ3) is 41.1. The Bertz CT molecular complexity index is 1230. The van der Waals surface area contributed by atoms with Crippen molar-refractivity contribution < 1.29 is 45.0 Å². The van der Waals surface area contributed by atoms with Gasteiger partial charge in [-0.05, 0) is 147 Å². The zero-order chi connectivity index (χ0) is 50.6. The number of hydrogen-bond acceptors (Lipinski definition) is 6. The molecule has 0 fully saturated rings. The summed E-state index contributed by atoms with van der Waals surface area (Å²) in [6.07, 6.45) is 65.8. The summed E-state index contributed by atoms with van der Waals surface area (Å²) in [5.41, 5.74) is -0.954. The summed E-state index contributed by atoms with van der Waals surface area (Å²) in [6, 6.07) is 0. The monoisotopic (exact) mass is 969 g/mol. The Morgan fingerprint density at radius 1 is 0.275 bits per heavy atom. The van der Waals surface area contributed by atoms with Crippen molar-refractivity contribution in [3.05, 3.63) is 72.9 Å². The number of carboxylic acid groups (broad SMARTS) is 3. The highest BCUT2D eigenvalue weighted by atomic mass is 16.4. The molecule has 0 heterocycles. The van der Waals surface area contributed by atoms with E-state index in [-0.39, 0.29) is 44.5 Å². The van der Waals surface area contributed by atoms with Crippen molar-refractivity contribution in [1.82, 2.24) is 0 Å². The number of aliphatic carboxylic acids is 3. The normalized spacial score (nSPS) is 12.7. The molecule has 0 aromatic carbocycles. The van der Waals surface area contributed by atoms with Crippen LogP contribution in [0.4, 0.5) is 0 Å². The highest BCUT2D eigenvalue weighted by Gasteiger charge is 2.48. The van der Waals surface area contributed by atoms with Crippen LogP contribution in [0, 0.1) is 10.8 Å². The number of carbonyl (C=O) groups is 3. The van der Waals surface area contributed by atoms with E-state index in [2.05, 4.69) is 72.9 Å². The Morgan fingerprint density at radius 2 is 0.507 bits per heavy atom. The topological polar surface area (TPSA) is 173 Å². The Labute approximate surface area is 421 Å². The molecule has 0 saturated carbocycles. The predicted octanol–water partition coefficient (Wildman–Crippen LogP) is 16.1. The number of aliphatic hydroxyl groups excluding tert-OH is 3. The number of aliphatic hydroxyl groups is 3. The summed E-state index contributed by atoms with van der Waals surface area (Å²) in [4.78, 5) is 31.9. The van der Waals surface area contributed by atoms with E-state index in [1.807, 2.05) is 0 Å². The van der Waals surface area contributed by atoms with Crippen LogP contribution in [-0.4, -0.2) is 68.4 Å². The summed E-state index contributed by atoms with van der Waals surface area (Å²) < 4.78 is 0. The molecule has 0 aromatic heterocycles. The van der Waals surface area contributed by atoms with E-state index in [0.717, 1.165) is 231 Å². The smallest absolute Gasteiger partial charge is 0.303 e. The molecule has 0 rings (SSSR count). The van der Waals surface area contributed by atoms with Crippen LogP contribution in [0.15, 0.2) is 72.9 Å². The second-order valence-corrected chi connectivity index (χ2v) is 19.8. The Hall–Kier alpha value is -3.27. The highest BCUT2D eigenvalue weighted by molar-refractivity contribution is 5.67. The largest absolute Gasteiger partial charge is 0.481 e. The van der Waals surface area contributed by atoms with Gasteiger partial charge in [0.1, 0.15) is 0 Å². The molecule has 0 unspecified atom stereocenters. The molecule has 0 radical (unpaired) electrons. The van der Waals surface area contributed by atoms with Crippen molar-refractivity contribution >= 4 is 17.9 Å². The summed E-state index contributed by atoms with van der Waals surface area (Å²) in [5, 5.41) is 58.6. The van der Waals surface area contributed by atoms with Crippen LogP contribution < -0.4 is 0 Å². The van der Waals surface area contributed by atoms with Gasteiger partial charge in [-0.3, -0.25) is 14.4 Å². The molecule has 0 aliphatic carbocycles. The van der Waals surface area contributed by atoms with Gasteiger partial charge in [0.05, 0.1) is 13.2 Å². The summed E-state index contributed by atoms with van der Waals surface area (Å²) in [5.74, 6) is -2.11. The summed E-state index contributed by atoms with van der Waals surface area (Å²) in [7, 11) is 0. The zero-order valence-electron chi connectivity index (χ0n) is 43.7. The SMILES string of the molecule is O=C(O)CCCCCCC/C=C\C/C=C\CCCCCC(CCCCC/C=C\C/C=C\CCCCCCCC(=O)O)(CCCCC/C=C\C/C=C\CCCCCCCC(=O)O)C(CO)(CO)CCO. The molecule has 69 heavy (non-hydrogen) atoms. The van der Waals surface area contributed by atoms with Gasteiger partial charge >= 0.3 is 17.9 Å². The first-order valence-corrected chi connectivity index (χ1v) is 28.1. The van der Waals surface area contributed by atoms with Gasteiger partial charge in [0.2, 0.25) is 0 Å². The molecule has 6 N–H and O–H groups in total. The van der Waals surface area contributed by atoms with Gasteiger partial charge in [-0.25, -0.2) is 0 Å². The second kappa shape index (κ2) is 49.7. The molecule has 9 nitrogen and oxygen atoms in total. The van der Waals surface area contributed by atoms with Crippen molar-refractivity contribution in [2.45, 2.75) is 257 Å². The average molecular weight is 969 g/mol.